The van der Waals surface area contributed by atoms with Crippen LogP contribution < -0.4 is 0 Å². The lowest BCUT2D eigenvalue weighted by atomic mass is 9.96. The molecule has 2 nitrogen and oxygen atoms in total. The number of benzene rings is 1. The molecule has 1 aromatic rings. The molecule has 0 bridgehead atoms. The van der Waals surface area contributed by atoms with Crippen LogP contribution in [0.3, 0.4) is 0 Å². The summed E-state index contributed by atoms with van der Waals surface area (Å²) in [6.07, 6.45) is 3.44. The largest absolute Gasteiger partial charge is 0.374 e. The van der Waals surface area contributed by atoms with Crippen LogP contribution in [0, 0.1) is 13.8 Å². The molecule has 2 rings (SSSR count). The van der Waals surface area contributed by atoms with Crippen molar-refractivity contribution in [2.24, 2.45) is 0 Å². The summed E-state index contributed by atoms with van der Waals surface area (Å²) in [6, 6.07) is 6.50. The first kappa shape index (κ1) is 12.3. The lowest BCUT2D eigenvalue weighted by molar-refractivity contribution is -0.123. The van der Waals surface area contributed by atoms with Crippen molar-refractivity contribution in [3.05, 3.63) is 34.9 Å². The van der Waals surface area contributed by atoms with Crippen LogP contribution in [0.4, 0.5) is 0 Å². The van der Waals surface area contributed by atoms with Gasteiger partial charge in [0.1, 0.15) is 5.78 Å². The van der Waals surface area contributed by atoms with Crippen LogP contribution in [0.15, 0.2) is 18.2 Å². The zero-order chi connectivity index (χ0) is 12.3. The van der Waals surface area contributed by atoms with Crippen molar-refractivity contribution in [3.8, 4) is 0 Å². The van der Waals surface area contributed by atoms with Crippen molar-refractivity contribution in [3.63, 3.8) is 0 Å². The van der Waals surface area contributed by atoms with Gasteiger partial charge in [-0.25, -0.2) is 0 Å². The van der Waals surface area contributed by atoms with Crippen LogP contribution in [0.25, 0.3) is 0 Å². The molecule has 0 heterocycles. The third-order valence-corrected chi connectivity index (χ3v) is 3.26. The van der Waals surface area contributed by atoms with Crippen LogP contribution in [-0.4, -0.2) is 11.9 Å². The van der Waals surface area contributed by atoms with E-state index in [0.29, 0.717) is 25.2 Å². The summed E-state index contributed by atoms with van der Waals surface area (Å²) in [5.74, 6) is 0.385. The number of carbonyl (C=O) groups is 1. The topological polar surface area (TPSA) is 26.3 Å². The molecule has 0 unspecified atom stereocenters. The summed E-state index contributed by atoms with van der Waals surface area (Å²) in [5, 5.41) is 0. The highest BCUT2D eigenvalue weighted by Gasteiger charge is 2.18. The molecule has 2 heteroatoms. The molecule has 1 aliphatic rings. The molecule has 1 fully saturated rings. The van der Waals surface area contributed by atoms with Gasteiger partial charge in [-0.1, -0.05) is 29.3 Å². The molecular formula is C15H20O2. The Kier molecular flexibility index (Phi) is 3.95. The Hall–Kier alpha value is -1.15. The highest BCUT2D eigenvalue weighted by Crippen LogP contribution is 2.20. The van der Waals surface area contributed by atoms with Gasteiger partial charge in [-0.3, -0.25) is 4.79 Å². The van der Waals surface area contributed by atoms with Gasteiger partial charge in [0.2, 0.25) is 0 Å². The summed E-state index contributed by atoms with van der Waals surface area (Å²) in [6.45, 7) is 4.88. The molecule has 0 N–H and O–H groups in total. The fourth-order valence-corrected chi connectivity index (χ4v) is 2.45. The second-order valence-electron chi connectivity index (χ2n) is 5.04. The van der Waals surface area contributed by atoms with E-state index < -0.39 is 0 Å². The van der Waals surface area contributed by atoms with E-state index >= 15 is 0 Å². The standard InChI is InChI=1S/C15H20O2/c1-11-7-12(2)9-13(8-11)10-17-15-5-3-14(16)4-6-15/h7-9,15H,3-6,10H2,1-2H3. The first-order chi connectivity index (χ1) is 8.13. The third kappa shape index (κ3) is 3.67. The SMILES string of the molecule is Cc1cc(C)cc(COC2CCC(=O)CC2)c1. The number of hydrogen-bond acceptors (Lipinski definition) is 2. The van der Waals surface area contributed by atoms with Crippen molar-refractivity contribution in [2.75, 3.05) is 0 Å². The molecular weight excluding hydrogens is 212 g/mol. The Labute approximate surface area is 103 Å². The molecule has 17 heavy (non-hydrogen) atoms. The van der Waals surface area contributed by atoms with Crippen LogP contribution in [0.2, 0.25) is 0 Å². The molecule has 0 atom stereocenters. The molecule has 0 amide bonds. The lowest BCUT2D eigenvalue weighted by Gasteiger charge is -2.21. The minimum absolute atomic E-state index is 0.272. The predicted octanol–water partition coefficient (Wildman–Crippen LogP) is 3.33. The maximum Gasteiger partial charge on any atom is 0.133 e. The minimum atomic E-state index is 0.272. The number of aryl methyl sites for hydroxylation is 2. The maximum atomic E-state index is 11.1. The zero-order valence-corrected chi connectivity index (χ0v) is 10.7. The number of Topliss-reactive ketones (excluding diaryl/α,β-unsaturated/α-hetero) is 1. The zero-order valence-electron chi connectivity index (χ0n) is 10.7. The van der Waals surface area contributed by atoms with Gasteiger partial charge in [0.15, 0.2) is 0 Å². The number of ether oxygens (including phenoxy) is 1. The lowest BCUT2D eigenvalue weighted by Crippen LogP contribution is -2.21. The Morgan fingerprint density at radius 2 is 1.71 bits per heavy atom. The molecule has 92 valence electrons. The van der Waals surface area contributed by atoms with Crippen molar-refractivity contribution < 1.29 is 9.53 Å². The second-order valence-corrected chi connectivity index (χ2v) is 5.04. The Balaban J connectivity index is 1.87. The maximum absolute atomic E-state index is 11.1. The molecule has 1 aliphatic carbocycles. The summed E-state index contributed by atoms with van der Waals surface area (Å²) in [5.41, 5.74) is 3.80. The first-order valence-corrected chi connectivity index (χ1v) is 6.34. The van der Waals surface area contributed by atoms with Gasteiger partial charge in [-0.05, 0) is 32.3 Å². The van der Waals surface area contributed by atoms with Gasteiger partial charge in [-0.15, -0.1) is 0 Å². The van der Waals surface area contributed by atoms with E-state index in [4.69, 9.17) is 4.74 Å². The smallest absolute Gasteiger partial charge is 0.133 e. The van der Waals surface area contributed by atoms with Gasteiger partial charge in [-0.2, -0.15) is 0 Å². The van der Waals surface area contributed by atoms with E-state index in [0.717, 1.165) is 12.8 Å². The molecule has 0 radical (unpaired) electrons. The highest BCUT2D eigenvalue weighted by atomic mass is 16.5. The van der Waals surface area contributed by atoms with Gasteiger partial charge in [0.05, 0.1) is 12.7 Å². The van der Waals surface area contributed by atoms with Crippen molar-refractivity contribution in [1.82, 2.24) is 0 Å². The van der Waals surface area contributed by atoms with E-state index in [1.165, 1.54) is 16.7 Å². The van der Waals surface area contributed by atoms with Crippen LogP contribution in [-0.2, 0) is 16.1 Å². The summed E-state index contributed by atoms with van der Waals surface area (Å²) >= 11 is 0. The Bertz CT molecular complexity index is 379. The molecule has 0 saturated heterocycles. The average Bonchev–Trinajstić information content (AvgIpc) is 2.27. The van der Waals surface area contributed by atoms with Crippen LogP contribution in [0.1, 0.15) is 42.4 Å². The number of rotatable bonds is 3. The quantitative estimate of drug-likeness (QED) is 0.799. The van der Waals surface area contributed by atoms with E-state index in [9.17, 15) is 4.79 Å². The minimum Gasteiger partial charge on any atom is -0.374 e. The van der Waals surface area contributed by atoms with Crippen molar-refractivity contribution in [2.45, 2.75) is 52.2 Å². The Morgan fingerprint density at radius 1 is 1.12 bits per heavy atom. The molecule has 1 aromatic carbocycles. The number of carbonyl (C=O) groups excluding carboxylic acids is 1. The fraction of sp³-hybridized carbons (Fsp3) is 0.533. The molecule has 0 spiro atoms. The number of ketones is 1. The van der Waals surface area contributed by atoms with Gasteiger partial charge in [0, 0.05) is 12.8 Å². The normalized spacial score (nSPS) is 17.4. The average molecular weight is 232 g/mol. The van der Waals surface area contributed by atoms with E-state index in [2.05, 4.69) is 32.0 Å². The Morgan fingerprint density at radius 3 is 2.29 bits per heavy atom. The van der Waals surface area contributed by atoms with Crippen LogP contribution >= 0.6 is 0 Å². The molecule has 0 aromatic heterocycles. The van der Waals surface area contributed by atoms with Gasteiger partial charge >= 0.3 is 0 Å². The second kappa shape index (κ2) is 5.46. The fourth-order valence-electron chi connectivity index (χ4n) is 2.45. The van der Waals surface area contributed by atoms with Gasteiger partial charge < -0.3 is 4.74 Å². The number of hydrogen-bond donors (Lipinski definition) is 0. The predicted molar refractivity (Wildman–Crippen MR) is 68.0 cm³/mol. The summed E-state index contributed by atoms with van der Waals surface area (Å²) < 4.78 is 5.88. The van der Waals surface area contributed by atoms with Crippen LogP contribution in [0.5, 0.6) is 0 Å². The van der Waals surface area contributed by atoms with E-state index in [1.807, 2.05) is 0 Å². The molecule has 1 saturated carbocycles. The molecule has 0 aliphatic heterocycles. The van der Waals surface area contributed by atoms with Crippen molar-refractivity contribution in [1.29, 1.82) is 0 Å². The first-order valence-electron chi connectivity index (χ1n) is 6.34. The van der Waals surface area contributed by atoms with Gasteiger partial charge in [0.25, 0.3) is 0 Å². The summed E-state index contributed by atoms with van der Waals surface area (Å²) in [4.78, 5) is 11.1. The van der Waals surface area contributed by atoms with E-state index in [1.54, 1.807) is 0 Å². The van der Waals surface area contributed by atoms with E-state index in [-0.39, 0.29) is 6.10 Å². The highest BCUT2D eigenvalue weighted by molar-refractivity contribution is 5.79. The third-order valence-electron chi connectivity index (χ3n) is 3.26. The van der Waals surface area contributed by atoms with Crippen molar-refractivity contribution >= 4 is 5.78 Å². The monoisotopic (exact) mass is 232 g/mol. The summed E-state index contributed by atoms with van der Waals surface area (Å²) in [7, 11) is 0.